The number of unbranched alkanes of at least 4 members (excludes halogenated alkanes) is 3. The predicted molar refractivity (Wildman–Crippen MR) is 46.5 cm³/mol. The summed E-state index contributed by atoms with van der Waals surface area (Å²) in [6.45, 7) is 2.20. The van der Waals surface area contributed by atoms with Gasteiger partial charge in [0.05, 0.1) is 0 Å². The molecule has 1 heteroatoms. The molecule has 0 radical (unpaired) electrons. The van der Waals surface area contributed by atoms with Crippen LogP contribution in [0.2, 0.25) is 0 Å². The van der Waals surface area contributed by atoms with E-state index in [0.717, 1.165) is 12.8 Å². The summed E-state index contributed by atoms with van der Waals surface area (Å²) in [5.41, 5.74) is 0. The van der Waals surface area contributed by atoms with Gasteiger partial charge in [-0.1, -0.05) is 26.2 Å². The van der Waals surface area contributed by atoms with Crippen LogP contribution in [0.3, 0.4) is 0 Å². The van der Waals surface area contributed by atoms with E-state index in [0.29, 0.717) is 11.7 Å². The maximum atomic E-state index is 11.2. The van der Waals surface area contributed by atoms with Crippen LogP contribution < -0.4 is 0 Å². The molecule has 0 aliphatic heterocycles. The van der Waals surface area contributed by atoms with Gasteiger partial charge >= 0.3 is 0 Å². The molecule has 1 aliphatic rings. The SMILES string of the molecule is CCCCCCC(=O)C1CC1. The summed E-state index contributed by atoms with van der Waals surface area (Å²) >= 11 is 0. The molecule has 0 spiro atoms. The van der Waals surface area contributed by atoms with Crippen LogP contribution in [0.5, 0.6) is 0 Å². The Morgan fingerprint density at radius 2 is 2.00 bits per heavy atom. The van der Waals surface area contributed by atoms with Crippen molar-refractivity contribution in [3.8, 4) is 0 Å². The Morgan fingerprint density at radius 3 is 2.55 bits per heavy atom. The van der Waals surface area contributed by atoms with Gasteiger partial charge in [-0.15, -0.1) is 0 Å². The van der Waals surface area contributed by atoms with Gasteiger partial charge in [-0.3, -0.25) is 4.79 Å². The highest BCUT2D eigenvalue weighted by Gasteiger charge is 2.28. The summed E-state index contributed by atoms with van der Waals surface area (Å²) in [4.78, 5) is 11.2. The van der Waals surface area contributed by atoms with Gasteiger partial charge in [-0.25, -0.2) is 0 Å². The van der Waals surface area contributed by atoms with Crippen LogP contribution in [0, 0.1) is 5.92 Å². The lowest BCUT2D eigenvalue weighted by Gasteiger charge is -1.97. The molecule has 1 saturated carbocycles. The molecule has 0 atom stereocenters. The van der Waals surface area contributed by atoms with Crippen LogP contribution in [-0.2, 0) is 4.79 Å². The Hall–Kier alpha value is -0.330. The Kier molecular flexibility index (Phi) is 3.61. The van der Waals surface area contributed by atoms with E-state index >= 15 is 0 Å². The van der Waals surface area contributed by atoms with Crippen LogP contribution in [0.15, 0.2) is 0 Å². The minimum absolute atomic E-state index is 0.483. The van der Waals surface area contributed by atoms with E-state index in [9.17, 15) is 4.79 Å². The van der Waals surface area contributed by atoms with Crippen molar-refractivity contribution >= 4 is 5.78 Å². The van der Waals surface area contributed by atoms with Gasteiger partial charge in [0.2, 0.25) is 0 Å². The lowest BCUT2D eigenvalue weighted by Crippen LogP contribution is -1.99. The van der Waals surface area contributed by atoms with Crippen LogP contribution in [0.25, 0.3) is 0 Å². The Morgan fingerprint density at radius 1 is 1.27 bits per heavy atom. The summed E-state index contributed by atoms with van der Waals surface area (Å²) in [5.74, 6) is 1.01. The third-order valence-corrected chi connectivity index (χ3v) is 2.31. The average molecular weight is 154 g/mol. The number of carbonyl (C=O) groups is 1. The van der Waals surface area contributed by atoms with E-state index < -0.39 is 0 Å². The molecule has 1 nitrogen and oxygen atoms in total. The minimum Gasteiger partial charge on any atom is -0.299 e. The smallest absolute Gasteiger partial charge is 0.135 e. The molecule has 0 amide bonds. The monoisotopic (exact) mass is 154 g/mol. The van der Waals surface area contributed by atoms with Crippen molar-refractivity contribution in [2.45, 2.75) is 51.9 Å². The second-order valence-corrected chi connectivity index (χ2v) is 3.55. The molecule has 0 saturated heterocycles. The van der Waals surface area contributed by atoms with Crippen molar-refractivity contribution in [2.75, 3.05) is 0 Å². The van der Waals surface area contributed by atoms with Crippen LogP contribution in [0.1, 0.15) is 51.9 Å². The van der Waals surface area contributed by atoms with Crippen LogP contribution >= 0.6 is 0 Å². The highest BCUT2D eigenvalue weighted by atomic mass is 16.1. The highest BCUT2D eigenvalue weighted by molar-refractivity contribution is 5.82. The number of hydrogen-bond acceptors (Lipinski definition) is 1. The van der Waals surface area contributed by atoms with E-state index in [1.165, 1.54) is 32.1 Å². The molecule has 0 aromatic rings. The molecule has 0 unspecified atom stereocenters. The van der Waals surface area contributed by atoms with Gasteiger partial charge in [0.15, 0.2) is 0 Å². The topological polar surface area (TPSA) is 17.1 Å². The summed E-state index contributed by atoms with van der Waals surface area (Å²) < 4.78 is 0. The van der Waals surface area contributed by atoms with E-state index in [1.54, 1.807) is 0 Å². The molecule has 0 bridgehead atoms. The molecule has 0 aromatic carbocycles. The van der Waals surface area contributed by atoms with Crippen molar-refractivity contribution in [3.05, 3.63) is 0 Å². The fraction of sp³-hybridized carbons (Fsp3) is 0.900. The molecule has 0 aromatic heterocycles. The first-order valence-corrected chi connectivity index (χ1v) is 4.87. The molecule has 11 heavy (non-hydrogen) atoms. The fourth-order valence-electron chi connectivity index (χ4n) is 1.34. The molecule has 64 valence electrons. The van der Waals surface area contributed by atoms with E-state index in [4.69, 9.17) is 0 Å². The quantitative estimate of drug-likeness (QED) is 0.537. The van der Waals surface area contributed by atoms with Crippen molar-refractivity contribution in [1.29, 1.82) is 0 Å². The molecule has 1 aliphatic carbocycles. The lowest BCUT2D eigenvalue weighted by atomic mass is 10.1. The van der Waals surface area contributed by atoms with Gasteiger partial charge < -0.3 is 0 Å². The van der Waals surface area contributed by atoms with Crippen molar-refractivity contribution < 1.29 is 4.79 Å². The molecular weight excluding hydrogens is 136 g/mol. The maximum Gasteiger partial charge on any atom is 0.135 e. The number of ketones is 1. The first-order valence-electron chi connectivity index (χ1n) is 4.87. The van der Waals surface area contributed by atoms with Crippen molar-refractivity contribution in [1.82, 2.24) is 0 Å². The normalized spacial score (nSPS) is 16.8. The van der Waals surface area contributed by atoms with E-state index in [2.05, 4.69) is 6.92 Å². The summed E-state index contributed by atoms with van der Waals surface area (Å²) in [5, 5.41) is 0. The lowest BCUT2D eigenvalue weighted by molar-refractivity contribution is -0.120. The summed E-state index contributed by atoms with van der Waals surface area (Å²) in [7, 11) is 0. The molecule has 1 fully saturated rings. The fourth-order valence-corrected chi connectivity index (χ4v) is 1.34. The number of rotatable bonds is 6. The minimum atomic E-state index is 0.483. The number of hydrogen-bond donors (Lipinski definition) is 0. The molecule has 0 N–H and O–H groups in total. The zero-order valence-corrected chi connectivity index (χ0v) is 7.44. The predicted octanol–water partition coefficient (Wildman–Crippen LogP) is 2.94. The Bertz CT molecular complexity index is 125. The average Bonchev–Trinajstić information content (AvgIpc) is 2.79. The third-order valence-electron chi connectivity index (χ3n) is 2.31. The van der Waals surface area contributed by atoms with Gasteiger partial charge in [0.25, 0.3) is 0 Å². The first kappa shape index (κ1) is 8.76. The van der Waals surface area contributed by atoms with Crippen molar-refractivity contribution in [2.24, 2.45) is 5.92 Å². The summed E-state index contributed by atoms with van der Waals surface area (Å²) in [6, 6.07) is 0. The molecular formula is C10H18O. The molecule has 0 heterocycles. The zero-order valence-electron chi connectivity index (χ0n) is 7.44. The maximum absolute atomic E-state index is 11.2. The third kappa shape index (κ3) is 3.54. The summed E-state index contributed by atoms with van der Waals surface area (Å²) in [6.07, 6.45) is 8.12. The number of Topliss-reactive ketones (excluding diaryl/α,β-unsaturated/α-hetero) is 1. The zero-order chi connectivity index (χ0) is 8.10. The van der Waals surface area contributed by atoms with E-state index in [-0.39, 0.29) is 0 Å². The Labute approximate surface area is 69.2 Å². The second-order valence-electron chi connectivity index (χ2n) is 3.55. The van der Waals surface area contributed by atoms with Gasteiger partial charge in [0, 0.05) is 12.3 Å². The largest absolute Gasteiger partial charge is 0.299 e. The van der Waals surface area contributed by atoms with E-state index in [1.807, 2.05) is 0 Å². The van der Waals surface area contributed by atoms with Gasteiger partial charge in [0.1, 0.15) is 5.78 Å². The van der Waals surface area contributed by atoms with Crippen molar-refractivity contribution in [3.63, 3.8) is 0 Å². The first-order chi connectivity index (χ1) is 5.34. The standard InChI is InChI=1S/C10H18O/c1-2-3-4-5-6-10(11)9-7-8-9/h9H,2-8H2,1H3. The van der Waals surface area contributed by atoms with Gasteiger partial charge in [-0.2, -0.15) is 0 Å². The Balaban J connectivity index is 1.89. The van der Waals surface area contributed by atoms with Gasteiger partial charge in [-0.05, 0) is 19.3 Å². The number of carbonyl (C=O) groups excluding carboxylic acids is 1. The second kappa shape index (κ2) is 4.53. The molecule has 1 rings (SSSR count). The highest BCUT2D eigenvalue weighted by Crippen LogP contribution is 2.31. The van der Waals surface area contributed by atoms with Crippen LogP contribution in [0.4, 0.5) is 0 Å². The van der Waals surface area contributed by atoms with Crippen LogP contribution in [-0.4, -0.2) is 5.78 Å².